The number of esters is 1. The highest BCUT2D eigenvalue weighted by Gasteiger charge is 2.39. The Balaban J connectivity index is 1.91. The smallest absolute Gasteiger partial charge is 0.338 e. The Hall–Kier alpha value is -2.63. The van der Waals surface area contributed by atoms with Gasteiger partial charge in [-0.15, -0.1) is 0 Å². The van der Waals surface area contributed by atoms with E-state index in [9.17, 15) is 13.6 Å². The van der Waals surface area contributed by atoms with Gasteiger partial charge in [0.1, 0.15) is 18.1 Å². The van der Waals surface area contributed by atoms with Crippen molar-refractivity contribution in [2.75, 3.05) is 13.2 Å². The predicted molar refractivity (Wildman–Crippen MR) is 87.3 cm³/mol. The predicted octanol–water partition coefficient (Wildman–Crippen LogP) is 4.11. The maximum atomic E-state index is 12.7. The highest BCUT2D eigenvalue weighted by Crippen LogP contribution is 2.39. The lowest BCUT2D eigenvalue weighted by Gasteiger charge is -2.32. The van der Waals surface area contributed by atoms with Crippen LogP contribution in [0.5, 0.6) is 5.75 Å². The molecular formula is C19H18F2O4. The summed E-state index contributed by atoms with van der Waals surface area (Å²) in [5, 5.41) is 0. The Morgan fingerprint density at radius 1 is 1.32 bits per heavy atom. The molecule has 0 saturated carbocycles. The van der Waals surface area contributed by atoms with Crippen LogP contribution in [0.3, 0.4) is 0 Å². The highest BCUT2D eigenvalue weighted by molar-refractivity contribution is 5.93. The average Bonchev–Trinajstić information content (AvgIpc) is 3.05. The van der Waals surface area contributed by atoms with Gasteiger partial charge in [0.05, 0.1) is 12.2 Å². The van der Waals surface area contributed by atoms with Gasteiger partial charge in [-0.3, -0.25) is 0 Å². The van der Waals surface area contributed by atoms with E-state index >= 15 is 0 Å². The van der Waals surface area contributed by atoms with E-state index < -0.39 is 18.0 Å². The summed E-state index contributed by atoms with van der Waals surface area (Å²) in [6.07, 6.45) is 2.63. The molecule has 0 aromatic heterocycles. The van der Waals surface area contributed by atoms with Crippen molar-refractivity contribution in [1.29, 1.82) is 0 Å². The lowest BCUT2D eigenvalue weighted by Crippen LogP contribution is -2.36. The van der Waals surface area contributed by atoms with Crippen molar-refractivity contribution in [1.82, 2.24) is 0 Å². The van der Waals surface area contributed by atoms with E-state index in [1.165, 1.54) is 24.3 Å². The molecule has 3 rings (SSSR count). The Labute approximate surface area is 144 Å². The molecule has 25 heavy (non-hydrogen) atoms. The molecule has 0 saturated heterocycles. The fourth-order valence-electron chi connectivity index (χ4n) is 2.86. The number of fused-ring (bicyclic) bond motifs is 1. The molecule has 1 aliphatic heterocycles. The molecule has 0 amide bonds. The minimum Gasteiger partial charge on any atom is -0.489 e. The number of carbonyl (C=O) groups is 1. The number of hydrogen-bond acceptors (Lipinski definition) is 4. The number of alkyl halides is 2. The van der Waals surface area contributed by atoms with Crippen molar-refractivity contribution in [2.24, 2.45) is 0 Å². The van der Waals surface area contributed by atoms with Crippen molar-refractivity contribution < 1.29 is 27.8 Å². The molecule has 1 aromatic rings. The Bertz CT molecular complexity index is 762. The summed E-state index contributed by atoms with van der Waals surface area (Å²) >= 11 is 0. The van der Waals surface area contributed by atoms with Gasteiger partial charge >= 0.3 is 5.97 Å². The van der Waals surface area contributed by atoms with Crippen LogP contribution in [0.4, 0.5) is 8.78 Å². The van der Waals surface area contributed by atoms with Crippen LogP contribution in [0.1, 0.15) is 25.8 Å². The molecule has 0 bridgehead atoms. The number of carbonyl (C=O) groups excluding carboxylic acids is 1. The van der Waals surface area contributed by atoms with Crippen LogP contribution in [0.15, 0.2) is 59.4 Å². The van der Waals surface area contributed by atoms with Crippen LogP contribution in [0.2, 0.25) is 0 Å². The van der Waals surface area contributed by atoms with Gasteiger partial charge in [0.2, 0.25) is 0 Å². The second kappa shape index (κ2) is 6.70. The van der Waals surface area contributed by atoms with E-state index in [0.29, 0.717) is 23.7 Å². The molecule has 1 aromatic carbocycles. The average molecular weight is 348 g/mol. The molecule has 1 atom stereocenters. The van der Waals surface area contributed by atoms with Crippen LogP contribution in [-0.4, -0.2) is 24.8 Å². The van der Waals surface area contributed by atoms with Gasteiger partial charge in [0.15, 0.2) is 5.60 Å². The fourth-order valence-corrected chi connectivity index (χ4v) is 2.86. The summed E-state index contributed by atoms with van der Waals surface area (Å²) in [7, 11) is 0. The molecule has 0 spiro atoms. The second-order valence-corrected chi connectivity index (χ2v) is 5.84. The normalized spacial score (nSPS) is 21.7. The standard InChI is InChI=1S/C19H18F2O4/c1-3-23-18(22)13-10-16-15(8-9-24-16)19(2,11-13)25-14-6-4-12(5-7-14)17(20)21/h4-8,10-11,17H,3,9H2,1-2H3. The van der Waals surface area contributed by atoms with Crippen molar-refractivity contribution >= 4 is 5.97 Å². The van der Waals surface area contributed by atoms with Crippen molar-refractivity contribution in [3.8, 4) is 5.75 Å². The summed E-state index contributed by atoms with van der Waals surface area (Å²) in [4.78, 5) is 12.1. The van der Waals surface area contributed by atoms with Crippen LogP contribution in [0.25, 0.3) is 0 Å². The summed E-state index contributed by atoms with van der Waals surface area (Å²) in [6.45, 7) is 4.16. The molecular weight excluding hydrogens is 330 g/mol. The van der Waals surface area contributed by atoms with Crippen LogP contribution in [-0.2, 0) is 14.3 Å². The number of halogens is 2. The van der Waals surface area contributed by atoms with Gasteiger partial charge in [-0.1, -0.05) is 0 Å². The third kappa shape index (κ3) is 3.43. The van der Waals surface area contributed by atoms with Crippen LogP contribution in [0, 0.1) is 0 Å². The maximum Gasteiger partial charge on any atom is 0.338 e. The Morgan fingerprint density at radius 3 is 2.68 bits per heavy atom. The summed E-state index contributed by atoms with van der Waals surface area (Å²) < 4.78 is 42.0. The molecule has 1 unspecified atom stereocenters. The summed E-state index contributed by atoms with van der Waals surface area (Å²) in [6, 6.07) is 5.61. The number of ether oxygens (including phenoxy) is 3. The van der Waals surface area contributed by atoms with E-state index in [1.54, 1.807) is 26.0 Å². The molecule has 0 N–H and O–H groups in total. The van der Waals surface area contributed by atoms with Gasteiger partial charge in [-0.2, -0.15) is 0 Å². The largest absolute Gasteiger partial charge is 0.489 e. The van der Waals surface area contributed by atoms with Gasteiger partial charge < -0.3 is 14.2 Å². The van der Waals surface area contributed by atoms with Crippen LogP contribution < -0.4 is 4.74 Å². The topological polar surface area (TPSA) is 44.8 Å². The Kier molecular flexibility index (Phi) is 4.61. The van der Waals surface area contributed by atoms with Gasteiger partial charge in [0, 0.05) is 11.1 Å². The van der Waals surface area contributed by atoms with Gasteiger partial charge in [0.25, 0.3) is 6.43 Å². The zero-order chi connectivity index (χ0) is 18.0. The van der Waals surface area contributed by atoms with E-state index in [-0.39, 0.29) is 12.2 Å². The zero-order valence-corrected chi connectivity index (χ0v) is 13.9. The molecule has 1 heterocycles. The molecule has 2 aliphatic rings. The van der Waals surface area contributed by atoms with E-state index in [1.807, 2.05) is 6.08 Å². The van der Waals surface area contributed by atoms with Crippen molar-refractivity contribution in [3.05, 3.63) is 65.0 Å². The fraction of sp³-hybridized carbons (Fsp3) is 0.316. The maximum absolute atomic E-state index is 12.7. The lowest BCUT2D eigenvalue weighted by molar-refractivity contribution is -0.138. The monoisotopic (exact) mass is 348 g/mol. The summed E-state index contributed by atoms with van der Waals surface area (Å²) in [5.74, 6) is 0.505. The third-order valence-corrected chi connectivity index (χ3v) is 4.02. The van der Waals surface area contributed by atoms with Gasteiger partial charge in [-0.05, 0) is 56.3 Å². The minimum absolute atomic E-state index is 0.0760. The first-order valence-corrected chi connectivity index (χ1v) is 7.95. The highest BCUT2D eigenvalue weighted by atomic mass is 19.3. The zero-order valence-electron chi connectivity index (χ0n) is 13.9. The first kappa shape index (κ1) is 17.2. The third-order valence-electron chi connectivity index (χ3n) is 4.02. The first-order valence-electron chi connectivity index (χ1n) is 7.95. The molecule has 4 nitrogen and oxygen atoms in total. The SMILES string of the molecule is CCOC(=O)C1=CC(C)(Oc2ccc(C(F)F)cc2)C2=CCOC2=C1. The van der Waals surface area contributed by atoms with Crippen molar-refractivity contribution in [3.63, 3.8) is 0 Å². The van der Waals surface area contributed by atoms with Crippen LogP contribution >= 0.6 is 0 Å². The Morgan fingerprint density at radius 2 is 2.04 bits per heavy atom. The molecule has 6 heteroatoms. The van der Waals surface area contributed by atoms with E-state index in [2.05, 4.69) is 0 Å². The molecule has 132 valence electrons. The molecule has 1 aliphatic carbocycles. The summed E-state index contributed by atoms with van der Waals surface area (Å²) in [5.41, 5.74) is 0.0867. The first-order chi connectivity index (χ1) is 11.9. The van der Waals surface area contributed by atoms with Gasteiger partial charge in [-0.25, -0.2) is 13.6 Å². The molecule has 0 radical (unpaired) electrons. The lowest BCUT2D eigenvalue weighted by atomic mass is 9.86. The van der Waals surface area contributed by atoms with E-state index in [4.69, 9.17) is 14.2 Å². The number of rotatable bonds is 5. The minimum atomic E-state index is -2.53. The van der Waals surface area contributed by atoms with E-state index in [0.717, 1.165) is 5.57 Å². The van der Waals surface area contributed by atoms with Crippen molar-refractivity contribution in [2.45, 2.75) is 25.9 Å². The molecule has 0 fully saturated rings. The quantitative estimate of drug-likeness (QED) is 0.752. The number of hydrogen-bond donors (Lipinski definition) is 0. The second-order valence-electron chi connectivity index (χ2n) is 5.84. The number of benzene rings is 1.